The highest BCUT2D eigenvalue weighted by Gasteiger charge is 2.31. The Kier molecular flexibility index (Phi) is 4.55. The molecule has 0 saturated heterocycles. The average Bonchev–Trinajstić information content (AvgIpc) is 2.60. The number of hydrogen-bond donors (Lipinski definition) is 2. The SMILES string of the molecule is COc1cc2c(cc1OC)[C@@H](c1ccccc1)N[C@H](C(C)O)C2. The van der Waals surface area contributed by atoms with E-state index >= 15 is 0 Å². The first kappa shape index (κ1) is 15.8. The normalized spacial score (nSPS) is 21.4. The molecule has 4 nitrogen and oxygen atoms in total. The molecular weight excluding hydrogens is 290 g/mol. The van der Waals surface area contributed by atoms with Gasteiger partial charge < -0.3 is 19.9 Å². The maximum Gasteiger partial charge on any atom is 0.161 e. The summed E-state index contributed by atoms with van der Waals surface area (Å²) >= 11 is 0. The van der Waals surface area contributed by atoms with Crippen molar-refractivity contribution < 1.29 is 14.6 Å². The number of hydrogen-bond acceptors (Lipinski definition) is 4. The number of fused-ring (bicyclic) bond motifs is 1. The Balaban J connectivity index is 2.11. The Morgan fingerprint density at radius 2 is 1.74 bits per heavy atom. The van der Waals surface area contributed by atoms with Crippen LogP contribution in [0.2, 0.25) is 0 Å². The van der Waals surface area contributed by atoms with Crippen LogP contribution in [0.3, 0.4) is 0 Å². The molecule has 0 amide bonds. The van der Waals surface area contributed by atoms with Crippen LogP contribution in [-0.2, 0) is 6.42 Å². The number of nitrogens with one attached hydrogen (secondary N) is 1. The summed E-state index contributed by atoms with van der Waals surface area (Å²) in [5.41, 5.74) is 3.53. The fourth-order valence-corrected chi connectivity index (χ4v) is 3.21. The van der Waals surface area contributed by atoms with Crippen LogP contribution in [0.25, 0.3) is 0 Å². The van der Waals surface area contributed by atoms with Crippen molar-refractivity contribution in [3.8, 4) is 11.5 Å². The van der Waals surface area contributed by atoms with Crippen LogP contribution in [-0.4, -0.2) is 31.5 Å². The van der Waals surface area contributed by atoms with Crippen LogP contribution in [0, 0.1) is 0 Å². The minimum atomic E-state index is -0.428. The van der Waals surface area contributed by atoms with Gasteiger partial charge in [-0.05, 0) is 42.2 Å². The molecule has 23 heavy (non-hydrogen) atoms. The fourth-order valence-electron chi connectivity index (χ4n) is 3.21. The van der Waals surface area contributed by atoms with Crippen molar-refractivity contribution in [2.75, 3.05) is 14.2 Å². The molecule has 0 aromatic heterocycles. The van der Waals surface area contributed by atoms with E-state index in [0.717, 1.165) is 17.9 Å². The van der Waals surface area contributed by atoms with Gasteiger partial charge in [0.25, 0.3) is 0 Å². The molecule has 3 rings (SSSR count). The summed E-state index contributed by atoms with van der Waals surface area (Å²) in [6, 6.07) is 14.4. The van der Waals surface area contributed by atoms with Crippen molar-refractivity contribution in [3.05, 3.63) is 59.2 Å². The van der Waals surface area contributed by atoms with Crippen molar-refractivity contribution in [2.45, 2.75) is 31.5 Å². The topological polar surface area (TPSA) is 50.7 Å². The van der Waals surface area contributed by atoms with E-state index in [9.17, 15) is 5.11 Å². The maximum absolute atomic E-state index is 10.1. The Labute approximate surface area is 137 Å². The summed E-state index contributed by atoms with van der Waals surface area (Å²) in [5, 5.41) is 13.6. The number of aliphatic hydroxyl groups excluding tert-OH is 1. The van der Waals surface area contributed by atoms with E-state index < -0.39 is 6.10 Å². The summed E-state index contributed by atoms with van der Waals surface area (Å²) in [6.45, 7) is 1.82. The molecule has 3 atom stereocenters. The average molecular weight is 313 g/mol. The van der Waals surface area contributed by atoms with E-state index in [1.165, 1.54) is 16.7 Å². The molecule has 0 spiro atoms. The Bertz CT molecular complexity index is 670. The minimum Gasteiger partial charge on any atom is -0.493 e. The lowest BCUT2D eigenvalue weighted by Crippen LogP contribution is -2.46. The van der Waals surface area contributed by atoms with E-state index in [0.29, 0.717) is 0 Å². The van der Waals surface area contributed by atoms with Crippen LogP contribution in [0.15, 0.2) is 42.5 Å². The Morgan fingerprint density at radius 3 is 2.35 bits per heavy atom. The van der Waals surface area contributed by atoms with Crippen LogP contribution in [0.5, 0.6) is 11.5 Å². The monoisotopic (exact) mass is 313 g/mol. The fraction of sp³-hybridized carbons (Fsp3) is 0.368. The van der Waals surface area contributed by atoms with Gasteiger partial charge in [-0.2, -0.15) is 0 Å². The number of benzene rings is 2. The third kappa shape index (κ3) is 3.05. The molecule has 0 aliphatic carbocycles. The van der Waals surface area contributed by atoms with Crippen LogP contribution >= 0.6 is 0 Å². The lowest BCUT2D eigenvalue weighted by Gasteiger charge is -2.35. The molecule has 2 aromatic carbocycles. The van der Waals surface area contributed by atoms with Crippen LogP contribution < -0.4 is 14.8 Å². The molecule has 0 radical (unpaired) electrons. The van der Waals surface area contributed by atoms with Crippen molar-refractivity contribution in [2.24, 2.45) is 0 Å². The summed E-state index contributed by atoms with van der Waals surface area (Å²) in [4.78, 5) is 0. The standard InChI is InChI=1S/C19H23NO3/c1-12(21)16-9-14-10-17(22-2)18(23-3)11-15(14)19(20-16)13-7-5-4-6-8-13/h4-8,10-12,16,19-21H,9H2,1-3H3/t12?,16-,19+/m0/s1. The molecular formula is C19H23NO3. The van der Waals surface area contributed by atoms with E-state index in [1.807, 2.05) is 37.3 Å². The number of ether oxygens (including phenoxy) is 2. The van der Waals surface area contributed by atoms with Gasteiger partial charge in [0.15, 0.2) is 11.5 Å². The third-order valence-electron chi connectivity index (χ3n) is 4.49. The molecule has 2 aromatic rings. The highest BCUT2D eigenvalue weighted by atomic mass is 16.5. The zero-order valence-corrected chi connectivity index (χ0v) is 13.7. The Hall–Kier alpha value is -2.04. The quantitative estimate of drug-likeness (QED) is 0.911. The third-order valence-corrected chi connectivity index (χ3v) is 4.49. The second kappa shape index (κ2) is 6.60. The van der Waals surface area contributed by atoms with Gasteiger partial charge in [-0.3, -0.25) is 0 Å². The minimum absolute atomic E-state index is 0.00538. The van der Waals surface area contributed by atoms with Crippen molar-refractivity contribution >= 4 is 0 Å². The van der Waals surface area contributed by atoms with E-state index in [4.69, 9.17) is 9.47 Å². The van der Waals surface area contributed by atoms with Gasteiger partial charge in [-0.25, -0.2) is 0 Å². The smallest absolute Gasteiger partial charge is 0.161 e. The molecule has 0 fully saturated rings. The first-order valence-electron chi connectivity index (χ1n) is 7.88. The molecule has 1 aliphatic rings. The zero-order chi connectivity index (χ0) is 16.4. The number of rotatable bonds is 4. The van der Waals surface area contributed by atoms with Gasteiger partial charge >= 0.3 is 0 Å². The van der Waals surface area contributed by atoms with Gasteiger partial charge in [0.05, 0.1) is 26.4 Å². The molecule has 4 heteroatoms. The molecule has 122 valence electrons. The first-order chi connectivity index (χ1) is 11.1. The van der Waals surface area contributed by atoms with E-state index in [2.05, 4.69) is 17.4 Å². The second-order valence-corrected chi connectivity index (χ2v) is 5.97. The van der Waals surface area contributed by atoms with Crippen LogP contribution in [0.4, 0.5) is 0 Å². The number of methoxy groups -OCH3 is 2. The van der Waals surface area contributed by atoms with Crippen molar-refractivity contribution in [1.29, 1.82) is 0 Å². The lowest BCUT2D eigenvalue weighted by atomic mass is 9.85. The predicted molar refractivity (Wildman–Crippen MR) is 90.1 cm³/mol. The molecule has 1 aliphatic heterocycles. The van der Waals surface area contributed by atoms with Gasteiger partial charge in [-0.1, -0.05) is 30.3 Å². The van der Waals surface area contributed by atoms with Gasteiger partial charge in [-0.15, -0.1) is 0 Å². The summed E-state index contributed by atoms with van der Waals surface area (Å²) in [6.07, 6.45) is 0.332. The predicted octanol–water partition coefficient (Wildman–Crippen LogP) is 2.69. The number of aliphatic hydroxyl groups is 1. The highest BCUT2D eigenvalue weighted by Crippen LogP contribution is 2.38. The second-order valence-electron chi connectivity index (χ2n) is 5.97. The van der Waals surface area contributed by atoms with Gasteiger partial charge in [0.2, 0.25) is 0 Å². The van der Waals surface area contributed by atoms with Crippen molar-refractivity contribution in [3.63, 3.8) is 0 Å². The summed E-state index contributed by atoms with van der Waals surface area (Å²) < 4.78 is 10.9. The maximum atomic E-state index is 10.1. The lowest BCUT2D eigenvalue weighted by molar-refractivity contribution is 0.135. The van der Waals surface area contributed by atoms with E-state index in [1.54, 1.807) is 14.2 Å². The largest absolute Gasteiger partial charge is 0.493 e. The summed E-state index contributed by atoms with van der Waals surface area (Å²) in [7, 11) is 3.29. The molecule has 0 bridgehead atoms. The van der Waals surface area contributed by atoms with Crippen molar-refractivity contribution in [1.82, 2.24) is 5.32 Å². The van der Waals surface area contributed by atoms with Crippen LogP contribution in [0.1, 0.15) is 29.7 Å². The van der Waals surface area contributed by atoms with E-state index in [-0.39, 0.29) is 12.1 Å². The van der Waals surface area contributed by atoms with Gasteiger partial charge in [0.1, 0.15) is 0 Å². The molecule has 1 unspecified atom stereocenters. The zero-order valence-electron chi connectivity index (χ0n) is 13.7. The van der Waals surface area contributed by atoms with Gasteiger partial charge in [0, 0.05) is 6.04 Å². The molecule has 2 N–H and O–H groups in total. The highest BCUT2D eigenvalue weighted by molar-refractivity contribution is 5.52. The first-order valence-corrected chi connectivity index (χ1v) is 7.88. The summed E-state index contributed by atoms with van der Waals surface area (Å²) in [5.74, 6) is 1.45. The molecule has 1 heterocycles. The Morgan fingerprint density at radius 1 is 1.09 bits per heavy atom. The molecule has 0 saturated carbocycles.